The van der Waals surface area contributed by atoms with Crippen LogP contribution in [-0.4, -0.2) is 14.7 Å². The summed E-state index contributed by atoms with van der Waals surface area (Å²) in [7, 11) is 0. The van der Waals surface area contributed by atoms with Gasteiger partial charge >= 0.3 is 5.69 Å². The van der Waals surface area contributed by atoms with Crippen LogP contribution in [0.1, 0.15) is 31.4 Å². The van der Waals surface area contributed by atoms with Crippen LogP contribution < -0.4 is 11.2 Å². The Morgan fingerprint density at radius 2 is 2.19 bits per heavy atom. The van der Waals surface area contributed by atoms with Crippen molar-refractivity contribution in [1.82, 2.24) is 9.55 Å². The zero-order chi connectivity index (χ0) is 12.3. The highest BCUT2D eigenvalue weighted by Crippen LogP contribution is 2.19. The van der Waals surface area contributed by atoms with E-state index in [4.69, 9.17) is 6.42 Å². The van der Waals surface area contributed by atoms with Crippen LogP contribution >= 0.6 is 0 Å². The summed E-state index contributed by atoms with van der Waals surface area (Å²) in [5.41, 5.74) is -1.08. The van der Waals surface area contributed by atoms with Gasteiger partial charge in [0.05, 0.1) is 11.6 Å². The molecule has 1 heterocycles. The molecule has 1 aromatic rings. The lowest BCUT2D eigenvalue weighted by molar-refractivity contribution is 0.354. The molecule has 5 nitrogen and oxygen atoms in total. The largest absolute Gasteiger partial charge is 0.494 e. The lowest BCUT2D eigenvalue weighted by atomic mass is 10.1. The van der Waals surface area contributed by atoms with Crippen molar-refractivity contribution < 1.29 is 5.11 Å². The van der Waals surface area contributed by atoms with E-state index in [-0.39, 0.29) is 17.5 Å². The highest BCUT2D eigenvalue weighted by atomic mass is 16.3. The number of rotatable bonds is 3. The van der Waals surface area contributed by atoms with Crippen LogP contribution in [0.5, 0.6) is 5.88 Å². The van der Waals surface area contributed by atoms with Crippen LogP contribution in [0.25, 0.3) is 0 Å². The molecular weight excluding hydrogens is 208 g/mol. The molecule has 0 saturated heterocycles. The van der Waals surface area contributed by atoms with Gasteiger partial charge in [-0.15, -0.1) is 12.3 Å². The second-order valence-corrected chi connectivity index (χ2v) is 3.55. The second kappa shape index (κ2) is 4.71. The van der Waals surface area contributed by atoms with E-state index in [2.05, 4.69) is 10.9 Å². The Bertz CT molecular complexity index is 534. The Kier molecular flexibility index (Phi) is 3.56. The lowest BCUT2D eigenvalue weighted by Crippen LogP contribution is -2.33. The van der Waals surface area contributed by atoms with Crippen molar-refractivity contribution in [3.63, 3.8) is 0 Å². The number of terminal acetylenes is 1. The number of nitrogens with one attached hydrogen (secondary N) is 1. The van der Waals surface area contributed by atoms with Crippen molar-refractivity contribution in [1.29, 1.82) is 0 Å². The van der Waals surface area contributed by atoms with Crippen molar-refractivity contribution in [2.75, 3.05) is 0 Å². The second-order valence-electron chi connectivity index (χ2n) is 3.55. The number of hydrogen-bond donors (Lipinski definition) is 2. The van der Waals surface area contributed by atoms with Crippen molar-refractivity contribution >= 4 is 0 Å². The fourth-order valence-electron chi connectivity index (χ4n) is 1.52. The third-order valence-corrected chi connectivity index (χ3v) is 2.53. The minimum Gasteiger partial charge on any atom is -0.494 e. The van der Waals surface area contributed by atoms with Crippen LogP contribution in [0, 0.1) is 19.3 Å². The van der Waals surface area contributed by atoms with E-state index >= 15 is 0 Å². The highest BCUT2D eigenvalue weighted by molar-refractivity contribution is 5.21. The number of aromatic nitrogens is 2. The number of aromatic hydroxyl groups is 1. The van der Waals surface area contributed by atoms with Crippen molar-refractivity contribution in [2.24, 2.45) is 0 Å². The summed E-state index contributed by atoms with van der Waals surface area (Å²) in [4.78, 5) is 24.9. The summed E-state index contributed by atoms with van der Waals surface area (Å²) in [5, 5.41) is 9.76. The summed E-state index contributed by atoms with van der Waals surface area (Å²) in [5.74, 6) is 2.13. The monoisotopic (exact) mass is 222 g/mol. The molecule has 0 spiro atoms. The summed E-state index contributed by atoms with van der Waals surface area (Å²) in [6.07, 6.45) is 6.12. The van der Waals surface area contributed by atoms with E-state index in [1.165, 1.54) is 6.92 Å². The van der Waals surface area contributed by atoms with Gasteiger partial charge in [-0.25, -0.2) is 4.79 Å². The van der Waals surface area contributed by atoms with E-state index in [1.54, 1.807) is 0 Å². The highest BCUT2D eigenvalue weighted by Gasteiger charge is 2.16. The Hall–Kier alpha value is -1.96. The topological polar surface area (TPSA) is 75.1 Å². The predicted octanol–water partition coefficient (Wildman–Crippen LogP) is 0.525. The van der Waals surface area contributed by atoms with Gasteiger partial charge in [-0.2, -0.15) is 0 Å². The van der Waals surface area contributed by atoms with E-state index < -0.39 is 11.2 Å². The first kappa shape index (κ1) is 12.1. The predicted molar refractivity (Wildman–Crippen MR) is 60.5 cm³/mol. The van der Waals surface area contributed by atoms with E-state index in [1.807, 2.05) is 6.92 Å². The van der Waals surface area contributed by atoms with Crippen molar-refractivity contribution in [2.45, 2.75) is 32.7 Å². The molecule has 86 valence electrons. The number of H-pyrrole nitrogens is 1. The summed E-state index contributed by atoms with van der Waals surface area (Å²) in [6, 6.07) is -0.298. The van der Waals surface area contributed by atoms with Gasteiger partial charge in [-0.3, -0.25) is 14.3 Å². The molecule has 1 unspecified atom stereocenters. The van der Waals surface area contributed by atoms with Crippen LogP contribution in [0.15, 0.2) is 9.59 Å². The van der Waals surface area contributed by atoms with Gasteiger partial charge in [-0.05, 0) is 13.3 Å². The zero-order valence-electron chi connectivity index (χ0n) is 9.28. The Labute approximate surface area is 92.8 Å². The maximum absolute atomic E-state index is 11.6. The minimum absolute atomic E-state index is 0.120. The first-order valence-electron chi connectivity index (χ1n) is 5.00. The smallest absolute Gasteiger partial charge is 0.331 e. The Balaban J connectivity index is 3.45. The average molecular weight is 222 g/mol. The van der Waals surface area contributed by atoms with Gasteiger partial charge in [0.25, 0.3) is 5.56 Å². The van der Waals surface area contributed by atoms with Gasteiger partial charge in [0.2, 0.25) is 5.88 Å². The molecule has 2 N–H and O–H groups in total. The molecule has 0 saturated carbocycles. The molecule has 1 rings (SSSR count). The molecule has 0 aromatic carbocycles. The standard InChI is InChI=1S/C11H14N2O3/c1-4-6-8(5-2)13-10(15)7(3)9(14)12-11(13)16/h1,8,15H,5-6H2,2-3H3,(H,12,14,16). The number of nitrogens with zero attached hydrogens (tertiary/aromatic N) is 1. The van der Waals surface area contributed by atoms with Crippen LogP contribution in [0.4, 0.5) is 0 Å². The molecule has 0 aliphatic heterocycles. The van der Waals surface area contributed by atoms with Gasteiger partial charge in [0.15, 0.2) is 0 Å². The molecule has 1 atom stereocenters. The SMILES string of the molecule is C#CCC(CC)n1c(O)c(C)c(=O)[nH]c1=O. The molecule has 1 aromatic heterocycles. The summed E-state index contributed by atoms with van der Waals surface area (Å²) < 4.78 is 1.14. The summed E-state index contributed by atoms with van der Waals surface area (Å²) in [6.45, 7) is 3.31. The average Bonchev–Trinajstić information content (AvgIpc) is 2.25. The fraction of sp³-hybridized carbons (Fsp3) is 0.455. The van der Waals surface area contributed by atoms with E-state index in [0.717, 1.165) is 4.57 Å². The van der Waals surface area contributed by atoms with Crippen LogP contribution in [0.2, 0.25) is 0 Å². The number of hydrogen-bond acceptors (Lipinski definition) is 3. The van der Waals surface area contributed by atoms with Crippen molar-refractivity contribution in [3.8, 4) is 18.2 Å². The summed E-state index contributed by atoms with van der Waals surface area (Å²) >= 11 is 0. The van der Waals surface area contributed by atoms with Gasteiger partial charge in [0, 0.05) is 6.42 Å². The molecule has 0 aliphatic rings. The molecule has 5 heteroatoms. The van der Waals surface area contributed by atoms with Gasteiger partial charge < -0.3 is 5.11 Å². The number of aromatic amines is 1. The minimum atomic E-state index is -0.629. The van der Waals surface area contributed by atoms with Gasteiger partial charge in [-0.1, -0.05) is 6.92 Å². The molecular formula is C11H14N2O3. The van der Waals surface area contributed by atoms with Crippen molar-refractivity contribution in [3.05, 3.63) is 26.4 Å². The maximum atomic E-state index is 11.6. The Morgan fingerprint density at radius 1 is 1.56 bits per heavy atom. The lowest BCUT2D eigenvalue weighted by Gasteiger charge is -2.17. The third-order valence-electron chi connectivity index (χ3n) is 2.53. The zero-order valence-corrected chi connectivity index (χ0v) is 9.28. The molecule has 16 heavy (non-hydrogen) atoms. The molecule has 0 amide bonds. The fourth-order valence-corrected chi connectivity index (χ4v) is 1.52. The first-order valence-corrected chi connectivity index (χ1v) is 5.00. The molecule has 0 fully saturated rings. The van der Waals surface area contributed by atoms with Crippen LogP contribution in [0.3, 0.4) is 0 Å². The first-order chi connectivity index (χ1) is 7.52. The third kappa shape index (κ3) is 2.01. The van der Waals surface area contributed by atoms with Crippen LogP contribution in [-0.2, 0) is 0 Å². The van der Waals surface area contributed by atoms with E-state index in [0.29, 0.717) is 12.8 Å². The molecule has 0 radical (unpaired) electrons. The normalized spacial score (nSPS) is 12.1. The molecule has 0 bridgehead atoms. The van der Waals surface area contributed by atoms with E-state index in [9.17, 15) is 14.7 Å². The van der Waals surface area contributed by atoms with Gasteiger partial charge in [0.1, 0.15) is 0 Å². The maximum Gasteiger partial charge on any atom is 0.331 e. The Morgan fingerprint density at radius 3 is 2.69 bits per heavy atom. The quantitative estimate of drug-likeness (QED) is 0.732. The molecule has 0 aliphatic carbocycles.